The van der Waals surface area contributed by atoms with Crippen LogP contribution in [-0.2, 0) is 4.79 Å². The second-order valence-corrected chi connectivity index (χ2v) is 5.44. The van der Waals surface area contributed by atoms with Crippen LogP contribution in [0.15, 0.2) is 28.8 Å². The van der Waals surface area contributed by atoms with Crippen molar-refractivity contribution in [3.63, 3.8) is 0 Å². The minimum absolute atomic E-state index is 0.0405. The number of rotatable bonds is 3. The van der Waals surface area contributed by atoms with Crippen LogP contribution in [0.4, 0.5) is 4.39 Å². The van der Waals surface area contributed by atoms with Crippen LogP contribution in [0.25, 0.3) is 11.5 Å². The number of carbonyl (C=O) groups excluding carboxylic acids is 1. The topological polar surface area (TPSA) is 96.5 Å². The maximum absolute atomic E-state index is 14.2. The van der Waals surface area contributed by atoms with Crippen LogP contribution in [-0.4, -0.2) is 50.8 Å². The number of halogens is 1. The monoisotopic (exact) mass is 319 g/mol. The van der Waals surface area contributed by atoms with Crippen molar-refractivity contribution >= 4 is 11.9 Å². The Hall–Kier alpha value is -2.77. The van der Waals surface area contributed by atoms with Crippen LogP contribution in [0.5, 0.6) is 0 Å². The molecule has 0 radical (unpaired) electrons. The van der Waals surface area contributed by atoms with Crippen molar-refractivity contribution in [2.75, 3.05) is 13.1 Å². The fourth-order valence-corrected chi connectivity index (χ4v) is 2.55. The summed E-state index contributed by atoms with van der Waals surface area (Å²) in [6, 6.07) is 6.59. The quantitative estimate of drug-likeness (QED) is 0.924. The predicted octanol–water partition coefficient (Wildman–Crippen LogP) is 1.68. The van der Waals surface area contributed by atoms with Crippen molar-refractivity contribution in [1.82, 2.24) is 15.0 Å². The van der Waals surface area contributed by atoms with Gasteiger partial charge in [-0.15, -0.1) is 0 Å². The van der Waals surface area contributed by atoms with Crippen molar-refractivity contribution in [3.05, 3.63) is 35.7 Å². The van der Waals surface area contributed by atoms with Gasteiger partial charge in [-0.05, 0) is 19.1 Å². The third kappa shape index (κ3) is 2.67. The Bertz CT molecular complexity index is 776. The van der Waals surface area contributed by atoms with Gasteiger partial charge in [0.05, 0.1) is 17.7 Å². The highest BCUT2D eigenvalue weighted by Crippen LogP contribution is 2.29. The van der Waals surface area contributed by atoms with E-state index in [-0.39, 0.29) is 24.4 Å². The molecule has 1 amide bonds. The highest BCUT2D eigenvalue weighted by Gasteiger charge is 2.47. The molecule has 1 fully saturated rings. The average molecular weight is 319 g/mol. The number of likely N-dealkylation sites (tertiary alicyclic amines) is 1. The first-order valence-corrected chi connectivity index (χ1v) is 7.02. The number of aliphatic carboxylic acids is 1. The smallest absolute Gasteiger partial charge is 0.343 e. The van der Waals surface area contributed by atoms with E-state index in [1.807, 2.05) is 0 Å². The zero-order valence-electron chi connectivity index (χ0n) is 12.3. The van der Waals surface area contributed by atoms with Gasteiger partial charge < -0.3 is 14.5 Å². The van der Waals surface area contributed by atoms with Crippen LogP contribution in [0, 0.1) is 6.92 Å². The number of aromatic nitrogens is 2. The summed E-state index contributed by atoms with van der Waals surface area (Å²) in [5, 5.41) is 12.6. The Morgan fingerprint density at radius 2 is 2.13 bits per heavy atom. The molecule has 1 aliphatic rings. The molecule has 1 N–H and O–H groups in total. The summed E-state index contributed by atoms with van der Waals surface area (Å²) in [6.07, 6.45) is -0.226. The van der Waals surface area contributed by atoms with Crippen LogP contribution in [0.1, 0.15) is 22.6 Å². The van der Waals surface area contributed by atoms with Gasteiger partial charge in [-0.25, -0.2) is 9.18 Å². The molecule has 1 aromatic heterocycles. The zero-order chi connectivity index (χ0) is 16.6. The predicted molar refractivity (Wildman–Crippen MR) is 76.5 cm³/mol. The van der Waals surface area contributed by atoms with Crippen molar-refractivity contribution < 1.29 is 23.6 Å². The van der Waals surface area contributed by atoms with Gasteiger partial charge in [0.25, 0.3) is 11.8 Å². The van der Waals surface area contributed by atoms with Gasteiger partial charge in [0, 0.05) is 13.0 Å². The molecule has 1 aromatic carbocycles. The number of hydrogen-bond donors (Lipinski definition) is 1. The fourth-order valence-electron chi connectivity index (χ4n) is 2.55. The summed E-state index contributed by atoms with van der Waals surface area (Å²) >= 11 is 0. The van der Waals surface area contributed by atoms with Gasteiger partial charge in [-0.2, -0.15) is 4.98 Å². The number of carbonyl (C=O) groups is 2. The highest BCUT2D eigenvalue weighted by atomic mass is 19.1. The number of benzene rings is 1. The highest BCUT2D eigenvalue weighted by molar-refractivity contribution is 6.00. The molecule has 0 bridgehead atoms. The molecule has 3 rings (SSSR count). The van der Waals surface area contributed by atoms with Crippen LogP contribution < -0.4 is 0 Å². The van der Waals surface area contributed by atoms with Crippen molar-refractivity contribution in [1.29, 1.82) is 0 Å². The molecule has 23 heavy (non-hydrogen) atoms. The molecule has 2 heterocycles. The van der Waals surface area contributed by atoms with E-state index in [0.29, 0.717) is 11.4 Å². The van der Waals surface area contributed by atoms with E-state index in [4.69, 9.17) is 9.63 Å². The molecular formula is C15H14FN3O4. The summed E-state index contributed by atoms with van der Waals surface area (Å²) < 4.78 is 19.2. The van der Waals surface area contributed by atoms with Crippen molar-refractivity contribution in [3.8, 4) is 11.5 Å². The molecule has 1 atom stereocenters. The summed E-state index contributed by atoms with van der Waals surface area (Å²) in [5.74, 6) is -1.39. The van der Waals surface area contributed by atoms with E-state index >= 15 is 0 Å². The van der Waals surface area contributed by atoms with Gasteiger partial charge in [-0.3, -0.25) is 4.79 Å². The van der Waals surface area contributed by atoms with E-state index in [0.717, 1.165) is 0 Å². The number of amides is 1. The molecule has 2 aromatic rings. The molecule has 0 saturated carbocycles. The van der Waals surface area contributed by atoms with Gasteiger partial charge in [-0.1, -0.05) is 17.3 Å². The summed E-state index contributed by atoms with van der Waals surface area (Å²) in [4.78, 5) is 28.9. The molecule has 120 valence electrons. The number of hydrogen-bond acceptors (Lipinski definition) is 5. The van der Waals surface area contributed by atoms with E-state index < -0.39 is 24.1 Å². The Balaban J connectivity index is 1.91. The first-order valence-electron chi connectivity index (χ1n) is 7.02. The Labute approximate surface area is 130 Å². The van der Waals surface area contributed by atoms with Crippen LogP contribution in [0.3, 0.4) is 0 Å². The summed E-state index contributed by atoms with van der Waals surface area (Å²) in [7, 11) is 0. The zero-order valence-corrected chi connectivity index (χ0v) is 12.3. The lowest BCUT2D eigenvalue weighted by Crippen LogP contribution is -2.39. The molecular weight excluding hydrogens is 305 g/mol. The van der Waals surface area contributed by atoms with E-state index in [2.05, 4.69) is 10.1 Å². The average Bonchev–Trinajstić information content (AvgIpc) is 3.14. The minimum Gasteiger partial charge on any atom is -0.479 e. The minimum atomic E-state index is -2.40. The molecule has 8 heteroatoms. The van der Waals surface area contributed by atoms with E-state index in [1.54, 1.807) is 31.2 Å². The number of carboxylic acids is 1. The molecule has 7 nitrogen and oxygen atoms in total. The summed E-state index contributed by atoms with van der Waals surface area (Å²) in [6.45, 7) is 1.22. The fraction of sp³-hybridized carbons (Fsp3) is 0.333. The van der Waals surface area contributed by atoms with Crippen molar-refractivity contribution in [2.45, 2.75) is 19.0 Å². The lowest BCUT2D eigenvalue weighted by molar-refractivity contribution is -0.149. The third-order valence-electron chi connectivity index (χ3n) is 3.81. The third-order valence-corrected chi connectivity index (χ3v) is 3.81. The number of nitrogens with zero attached hydrogens (tertiary/aromatic N) is 3. The lowest BCUT2D eigenvalue weighted by Gasteiger charge is -2.18. The number of alkyl halides is 1. The molecule has 0 aliphatic carbocycles. The first kappa shape index (κ1) is 15.1. The SMILES string of the molecule is Cc1noc(-c2ccccc2C(=O)N2CCC(F)(C(=O)O)C2)n1. The maximum atomic E-state index is 14.2. The molecule has 0 spiro atoms. The van der Waals surface area contributed by atoms with Gasteiger partial charge in [0.2, 0.25) is 5.67 Å². The van der Waals surface area contributed by atoms with E-state index in [9.17, 15) is 14.0 Å². The van der Waals surface area contributed by atoms with E-state index in [1.165, 1.54) is 4.90 Å². The number of carboxylic acid groups (broad SMARTS) is 1. The second kappa shape index (κ2) is 5.45. The van der Waals surface area contributed by atoms with Gasteiger partial charge in [0.1, 0.15) is 0 Å². The second-order valence-electron chi connectivity index (χ2n) is 5.44. The molecule has 1 saturated heterocycles. The van der Waals surface area contributed by atoms with Gasteiger partial charge >= 0.3 is 5.97 Å². The molecule has 1 aliphatic heterocycles. The molecule has 1 unspecified atom stereocenters. The van der Waals surface area contributed by atoms with Crippen LogP contribution in [0.2, 0.25) is 0 Å². The van der Waals surface area contributed by atoms with Crippen molar-refractivity contribution in [2.24, 2.45) is 0 Å². The Morgan fingerprint density at radius 1 is 1.39 bits per heavy atom. The maximum Gasteiger partial charge on any atom is 0.343 e. The summed E-state index contributed by atoms with van der Waals surface area (Å²) in [5.41, 5.74) is -1.69. The number of aryl methyl sites for hydroxylation is 1. The Kier molecular flexibility index (Phi) is 3.59. The lowest BCUT2D eigenvalue weighted by atomic mass is 10.1. The standard InChI is InChI=1S/C15H14FN3O4/c1-9-17-12(23-18-9)10-4-2-3-5-11(10)13(20)19-7-6-15(16,8-19)14(21)22/h2-5H,6-8H2,1H3,(H,21,22). The Morgan fingerprint density at radius 3 is 2.74 bits per heavy atom. The first-order chi connectivity index (χ1) is 10.9. The largest absolute Gasteiger partial charge is 0.479 e. The van der Waals surface area contributed by atoms with Gasteiger partial charge in [0.15, 0.2) is 5.82 Å². The normalized spacial score (nSPS) is 20.7. The van der Waals surface area contributed by atoms with Crippen LogP contribution >= 0.6 is 0 Å².